The first-order chi connectivity index (χ1) is 8.76. The molecule has 2 nitrogen and oxygen atoms in total. The molecular formula is C16H34O2. The second-order valence-electron chi connectivity index (χ2n) is 5.54. The topological polar surface area (TPSA) is 40.5 Å². The van der Waals surface area contributed by atoms with Crippen LogP contribution >= 0.6 is 0 Å². The lowest BCUT2D eigenvalue weighted by Crippen LogP contribution is -2.21. The van der Waals surface area contributed by atoms with Crippen LogP contribution in [0.15, 0.2) is 0 Å². The fourth-order valence-corrected chi connectivity index (χ4v) is 2.54. The molecule has 0 saturated carbocycles. The summed E-state index contributed by atoms with van der Waals surface area (Å²) >= 11 is 0. The summed E-state index contributed by atoms with van der Waals surface area (Å²) < 4.78 is 0. The SMILES string of the molecule is CCCCCCCC(O)C(CCO)CCCCC. The van der Waals surface area contributed by atoms with Gasteiger partial charge in [0.15, 0.2) is 0 Å². The molecule has 0 saturated heterocycles. The van der Waals surface area contributed by atoms with Crippen LogP contribution in [0, 0.1) is 5.92 Å². The van der Waals surface area contributed by atoms with Crippen LogP contribution in [-0.2, 0) is 0 Å². The molecule has 0 spiro atoms. The van der Waals surface area contributed by atoms with Crippen LogP contribution in [0.25, 0.3) is 0 Å². The Morgan fingerprint density at radius 3 is 1.89 bits per heavy atom. The molecule has 0 aliphatic carbocycles. The highest BCUT2D eigenvalue weighted by Crippen LogP contribution is 2.21. The molecule has 0 radical (unpaired) electrons. The first-order valence-electron chi connectivity index (χ1n) is 8.05. The number of hydrogen-bond acceptors (Lipinski definition) is 2. The van der Waals surface area contributed by atoms with E-state index < -0.39 is 0 Å². The highest BCUT2D eigenvalue weighted by atomic mass is 16.3. The van der Waals surface area contributed by atoms with Gasteiger partial charge in [-0.15, -0.1) is 0 Å². The summed E-state index contributed by atoms with van der Waals surface area (Å²) in [4.78, 5) is 0. The highest BCUT2D eigenvalue weighted by molar-refractivity contribution is 4.69. The highest BCUT2D eigenvalue weighted by Gasteiger charge is 2.17. The van der Waals surface area contributed by atoms with Crippen molar-refractivity contribution in [2.45, 2.75) is 90.6 Å². The molecule has 2 atom stereocenters. The van der Waals surface area contributed by atoms with Crippen LogP contribution in [0.2, 0.25) is 0 Å². The first-order valence-corrected chi connectivity index (χ1v) is 8.05. The summed E-state index contributed by atoms with van der Waals surface area (Å²) in [5.41, 5.74) is 0. The Hall–Kier alpha value is -0.0800. The van der Waals surface area contributed by atoms with Crippen molar-refractivity contribution in [1.82, 2.24) is 0 Å². The molecule has 0 heterocycles. The van der Waals surface area contributed by atoms with E-state index in [0.717, 1.165) is 25.7 Å². The van der Waals surface area contributed by atoms with Gasteiger partial charge in [0.25, 0.3) is 0 Å². The predicted molar refractivity (Wildman–Crippen MR) is 78.7 cm³/mol. The van der Waals surface area contributed by atoms with Gasteiger partial charge in [0.1, 0.15) is 0 Å². The zero-order valence-electron chi connectivity index (χ0n) is 12.5. The van der Waals surface area contributed by atoms with Crippen LogP contribution < -0.4 is 0 Å². The average molecular weight is 258 g/mol. The van der Waals surface area contributed by atoms with Crippen molar-refractivity contribution in [2.75, 3.05) is 6.61 Å². The van der Waals surface area contributed by atoms with E-state index in [-0.39, 0.29) is 12.7 Å². The maximum Gasteiger partial charge on any atom is 0.0569 e. The molecular weight excluding hydrogens is 224 g/mol. The summed E-state index contributed by atoms with van der Waals surface area (Å²) in [7, 11) is 0. The van der Waals surface area contributed by atoms with Gasteiger partial charge in [-0.2, -0.15) is 0 Å². The normalized spacial score (nSPS) is 14.7. The van der Waals surface area contributed by atoms with Gasteiger partial charge in [-0.25, -0.2) is 0 Å². The van der Waals surface area contributed by atoms with E-state index in [0.29, 0.717) is 5.92 Å². The molecule has 18 heavy (non-hydrogen) atoms. The van der Waals surface area contributed by atoms with E-state index in [4.69, 9.17) is 5.11 Å². The molecule has 110 valence electrons. The van der Waals surface area contributed by atoms with E-state index >= 15 is 0 Å². The lowest BCUT2D eigenvalue weighted by Gasteiger charge is -2.22. The lowest BCUT2D eigenvalue weighted by molar-refractivity contribution is 0.0732. The molecule has 0 aliphatic rings. The van der Waals surface area contributed by atoms with Crippen LogP contribution in [0.3, 0.4) is 0 Å². The molecule has 0 rings (SSSR count). The van der Waals surface area contributed by atoms with Crippen molar-refractivity contribution < 1.29 is 10.2 Å². The quantitative estimate of drug-likeness (QED) is 0.484. The Morgan fingerprint density at radius 2 is 1.28 bits per heavy atom. The minimum Gasteiger partial charge on any atom is -0.396 e. The van der Waals surface area contributed by atoms with Gasteiger partial charge in [-0.05, 0) is 25.2 Å². The molecule has 0 aromatic rings. The van der Waals surface area contributed by atoms with Gasteiger partial charge in [-0.1, -0.05) is 65.2 Å². The van der Waals surface area contributed by atoms with Gasteiger partial charge in [0.05, 0.1) is 6.10 Å². The summed E-state index contributed by atoms with van der Waals surface area (Å²) in [6, 6.07) is 0. The summed E-state index contributed by atoms with van der Waals surface area (Å²) in [6.45, 7) is 4.63. The van der Waals surface area contributed by atoms with Crippen molar-refractivity contribution in [3.63, 3.8) is 0 Å². The predicted octanol–water partition coefficient (Wildman–Crippen LogP) is 4.29. The number of unbranched alkanes of at least 4 members (excludes halogenated alkanes) is 6. The van der Waals surface area contributed by atoms with Crippen molar-refractivity contribution >= 4 is 0 Å². The third-order valence-corrected chi connectivity index (χ3v) is 3.83. The van der Waals surface area contributed by atoms with Crippen LogP contribution in [0.5, 0.6) is 0 Å². The fourth-order valence-electron chi connectivity index (χ4n) is 2.54. The Kier molecular flexibility index (Phi) is 13.3. The summed E-state index contributed by atoms with van der Waals surface area (Å²) in [5.74, 6) is 0.313. The fraction of sp³-hybridized carbons (Fsp3) is 1.00. The second kappa shape index (κ2) is 13.4. The first kappa shape index (κ1) is 17.9. The summed E-state index contributed by atoms with van der Waals surface area (Å²) in [5, 5.41) is 19.3. The van der Waals surface area contributed by atoms with Crippen LogP contribution in [0.1, 0.15) is 84.5 Å². The third kappa shape index (κ3) is 9.90. The van der Waals surface area contributed by atoms with Crippen LogP contribution in [-0.4, -0.2) is 22.9 Å². The van der Waals surface area contributed by atoms with Gasteiger partial charge >= 0.3 is 0 Å². The van der Waals surface area contributed by atoms with E-state index in [9.17, 15) is 5.11 Å². The standard InChI is InChI=1S/C16H34O2/c1-3-5-7-8-10-12-16(18)15(13-14-17)11-9-6-4-2/h15-18H,3-14H2,1-2H3. The largest absolute Gasteiger partial charge is 0.396 e. The van der Waals surface area contributed by atoms with E-state index in [2.05, 4.69) is 13.8 Å². The van der Waals surface area contributed by atoms with E-state index in [1.807, 2.05) is 0 Å². The Morgan fingerprint density at radius 1 is 0.722 bits per heavy atom. The third-order valence-electron chi connectivity index (χ3n) is 3.83. The molecule has 2 heteroatoms. The minimum absolute atomic E-state index is 0.198. The van der Waals surface area contributed by atoms with Gasteiger partial charge in [-0.3, -0.25) is 0 Å². The zero-order chi connectivity index (χ0) is 13.6. The second-order valence-corrected chi connectivity index (χ2v) is 5.54. The smallest absolute Gasteiger partial charge is 0.0569 e. The molecule has 0 bridgehead atoms. The Balaban J connectivity index is 3.71. The lowest BCUT2D eigenvalue weighted by atomic mass is 9.89. The zero-order valence-corrected chi connectivity index (χ0v) is 12.5. The minimum atomic E-state index is -0.198. The number of rotatable bonds is 13. The van der Waals surface area contributed by atoms with Crippen LogP contribution in [0.4, 0.5) is 0 Å². The number of aliphatic hydroxyl groups is 2. The maximum atomic E-state index is 10.2. The number of aliphatic hydroxyl groups excluding tert-OH is 2. The summed E-state index contributed by atoms with van der Waals surface area (Å²) in [6.07, 6.45) is 12.5. The van der Waals surface area contributed by atoms with Crippen molar-refractivity contribution in [2.24, 2.45) is 5.92 Å². The van der Waals surface area contributed by atoms with E-state index in [1.165, 1.54) is 44.9 Å². The Labute approximate surface area is 114 Å². The number of hydrogen-bond donors (Lipinski definition) is 2. The van der Waals surface area contributed by atoms with Crippen molar-refractivity contribution in [3.05, 3.63) is 0 Å². The van der Waals surface area contributed by atoms with E-state index in [1.54, 1.807) is 0 Å². The average Bonchev–Trinajstić information content (AvgIpc) is 2.37. The molecule has 0 fully saturated rings. The molecule has 0 aromatic heterocycles. The Bertz CT molecular complexity index is 159. The molecule has 0 aliphatic heterocycles. The molecule has 0 amide bonds. The van der Waals surface area contributed by atoms with Crippen molar-refractivity contribution in [1.29, 1.82) is 0 Å². The molecule has 2 N–H and O–H groups in total. The van der Waals surface area contributed by atoms with Gasteiger partial charge < -0.3 is 10.2 Å². The molecule has 0 aromatic carbocycles. The van der Waals surface area contributed by atoms with Gasteiger partial charge in [0.2, 0.25) is 0 Å². The molecule has 2 unspecified atom stereocenters. The maximum absolute atomic E-state index is 10.2. The monoisotopic (exact) mass is 258 g/mol. The van der Waals surface area contributed by atoms with Gasteiger partial charge in [0, 0.05) is 6.61 Å². The van der Waals surface area contributed by atoms with Crippen molar-refractivity contribution in [3.8, 4) is 0 Å².